The summed E-state index contributed by atoms with van der Waals surface area (Å²) in [5.41, 5.74) is 0. The molecule has 0 unspecified atom stereocenters. The van der Waals surface area contributed by atoms with Crippen molar-refractivity contribution in [2.75, 3.05) is 6.54 Å². The van der Waals surface area contributed by atoms with Crippen LogP contribution in [-0.2, 0) is 11.3 Å². The van der Waals surface area contributed by atoms with Gasteiger partial charge in [0.05, 0.1) is 0 Å². The Morgan fingerprint density at radius 3 is 2.84 bits per heavy atom. The van der Waals surface area contributed by atoms with Crippen LogP contribution in [0.4, 0.5) is 4.79 Å². The topological polar surface area (TPSA) is 96.3 Å². The second kappa shape index (κ2) is 8.12. The van der Waals surface area contributed by atoms with Crippen molar-refractivity contribution in [2.24, 2.45) is 0 Å². The highest BCUT2D eigenvalue weighted by molar-refractivity contribution is 5.82. The van der Waals surface area contributed by atoms with Gasteiger partial charge in [0.25, 0.3) is 0 Å². The summed E-state index contributed by atoms with van der Waals surface area (Å²) in [7, 11) is 0. The molecule has 0 spiro atoms. The fraction of sp³-hybridized carbons (Fsp3) is 0.583. The molecule has 19 heavy (non-hydrogen) atoms. The highest BCUT2D eigenvalue weighted by Crippen LogP contribution is 1.96. The average molecular weight is 268 g/mol. The molecular formula is C12H20N4O3. The van der Waals surface area contributed by atoms with Crippen molar-refractivity contribution in [3.8, 4) is 0 Å². The zero-order valence-corrected chi connectivity index (χ0v) is 11.0. The summed E-state index contributed by atoms with van der Waals surface area (Å²) in [6.07, 6.45) is 5.41. The van der Waals surface area contributed by atoms with E-state index in [4.69, 9.17) is 5.11 Å². The minimum Gasteiger partial charge on any atom is -0.480 e. The number of urea groups is 1. The van der Waals surface area contributed by atoms with E-state index in [0.717, 1.165) is 6.42 Å². The number of carboxylic acids is 1. The minimum absolute atomic E-state index is 0.427. The molecule has 0 bridgehead atoms. The summed E-state index contributed by atoms with van der Waals surface area (Å²) in [6.45, 7) is 3.06. The molecule has 1 rings (SSSR count). The lowest BCUT2D eigenvalue weighted by Gasteiger charge is -2.14. The molecule has 1 aromatic rings. The predicted molar refractivity (Wildman–Crippen MR) is 69.7 cm³/mol. The standard InChI is InChI=1S/C12H20N4O3/c1-2-5-10(11(17)18)15-12(19)13-6-3-8-16-9-4-7-14-16/h4,7,9-10H,2-3,5-6,8H2,1H3,(H,17,18)(H2,13,15,19)/t10-/m0/s1. The van der Waals surface area contributed by atoms with Gasteiger partial charge in [0.1, 0.15) is 6.04 Å². The molecule has 0 fully saturated rings. The molecule has 1 atom stereocenters. The molecular weight excluding hydrogens is 248 g/mol. The Hall–Kier alpha value is -2.05. The van der Waals surface area contributed by atoms with Crippen molar-refractivity contribution in [3.05, 3.63) is 18.5 Å². The van der Waals surface area contributed by atoms with Crippen molar-refractivity contribution < 1.29 is 14.7 Å². The molecule has 0 aliphatic carbocycles. The molecule has 7 nitrogen and oxygen atoms in total. The van der Waals surface area contributed by atoms with Crippen molar-refractivity contribution in [3.63, 3.8) is 0 Å². The number of amides is 2. The number of hydrogen-bond acceptors (Lipinski definition) is 3. The molecule has 0 aliphatic heterocycles. The molecule has 7 heteroatoms. The van der Waals surface area contributed by atoms with E-state index in [1.807, 2.05) is 19.2 Å². The number of nitrogens with one attached hydrogen (secondary N) is 2. The highest BCUT2D eigenvalue weighted by atomic mass is 16.4. The lowest BCUT2D eigenvalue weighted by Crippen LogP contribution is -2.46. The number of nitrogens with zero attached hydrogens (tertiary/aromatic N) is 2. The molecule has 1 heterocycles. The first-order valence-electron chi connectivity index (χ1n) is 6.38. The molecule has 2 amide bonds. The lowest BCUT2D eigenvalue weighted by molar-refractivity contribution is -0.139. The van der Waals surface area contributed by atoms with Gasteiger partial charge < -0.3 is 15.7 Å². The first-order chi connectivity index (χ1) is 9.13. The largest absolute Gasteiger partial charge is 0.480 e. The van der Waals surface area contributed by atoms with Gasteiger partial charge in [-0.15, -0.1) is 0 Å². The van der Waals surface area contributed by atoms with E-state index >= 15 is 0 Å². The van der Waals surface area contributed by atoms with Gasteiger partial charge in [0.15, 0.2) is 0 Å². The third kappa shape index (κ3) is 5.89. The first-order valence-corrected chi connectivity index (χ1v) is 6.38. The van der Waals surface area contributed by atoms with Crippen LogP contribution in [0.2, 0.25) is 0 Å². The average Bonchev–Trinajstić information content (AvgIpc) is 2.87. The number of aliphatic carboxylic acids is 1. The Morgan fingerprint density at radius 2 is 2.26 bits per heavy atom. The highest BCUT2D eigenvalue weighted by Gasteiger charge is 2.18. The fourth-order valence-corrected chi connectivity index (χ4v) is 1.63. The monoisotopic (exact) mass is 268 g/mol. The quantitative estimate of drug-likeness (QED) is 0.608. The summed E-state index contributed by atoms with van der Waals surface area (Å²) in [5, 5.41) is 18.0. The van der Waals surface area contributed by atoms with Crippen LogP contribution in [0.3, 0.4) is 0 Å². The van der Waals surface area contributed by atoms with Crippen LogP contribution in [-0.4, -0.2) is 39.5 Å². The van der Waals surface area contributed by atoms with Crippen LogP contribution < -0.4 is 10.6 Å². The molecule has 106 valence electrons. The van der Waals surface area contributed by atoms with Gasteiger partial charge in [-0.3, -0.25) is 4.68 Å². The van der Waals surface area contributed by atoms with Gasteiger partial charge in [-0.05, 0) is 18.9 Å². The van der Waals surface area contributed by atoms with Gasteiger partial charge in [0.2, 0.25) is 0 Å². The Morgan fingerprint density at radius 1 is 1.47 bits per heavy atom. The second-order valence-corrected chi connectivity index (χ2v) is 4.20. The Labute approximate surface area is 112 Å². The Balaban J connectivity index is 2.17. The van der Waals surface area contributed by atoms with Gasteiger partial charge in [-0.25, -0.2) is 9.59 Å². The fourth-order valence-electron chi connectivity index (χ4n) is 1.63. The minimum atomic E-state index is -1.01. The van der Waals surface area contributed by atoms with Gasteiger partial charge in [0, 0.05) is 25.5 Å². The van der Waals surface area contributed by atoms with E-state index in [-0.39, 0.29) is 0 Å². The maximum absolute atomic E-state index is 11.5. The number of aryl methyl sites for hydroxylation is 1. The van der Waals surface area contributed by atoms with E-state index in [1.165, 1.54) is 0 Å². The summed E-state index contributed by atoms with van der Waals surface area (Å²) in [5.74, 6) is -1.01. The molecule has 0 radical (unpaired) electrons. The molecule has 3 N–H and O–H groups in total. The summed E-state index contributed by atoms with van der Waals surface area (Å²) >= 11 is 0. The van der Waals surface area contributed by atoms with E-state index < -0.39 is 18.0 Å². The van der Waals surface area contributed by atoms with Crippen LogP contribution in [0.15, 0.2) is 18.5 Å². The van der Waals surface area contributed by atoms with Crippen LogP contribution in [0.1, 0.15) is 26.2 Å². The number of carboxylic acid groups (broad SMARTS) is 1. The third-order valence-electron chi connectivity index (χ3n) is 2.59. The number of aromatic nitrogens is 2. The zero-order chi connectivity index (χ0) is 14.1. The number of carbonyl (C=O) groups is 2. The predicted octanol–water partition coefficient (Wildman–Crippen LogP) is 0.826. The summed E-state index contributed by atoms with van der Waals surface area (Å²) in [4.78, 5) is 22.3. The second-order valence-electron chi connectivity index (χ2n) is 4.20. The zero-order valence-electron chi connectivity index (χ0n) is 11.0. The molecule has 0 saturated carbocycles. The van der Waals surface area contributed by atoms with E-state index in [9.17, 15) is 9.59 Å². The van der Waals surface area contributed by atoms with Gasteiger partial charge >= 0.3 is 12.0 Å². The van der Waals surface area contributed by atoms with Crippen LogP contribution >= 0.6 is 0 Å². The number of rotatable bonds is 8. The maximum Gasteiger partial charge on any atom is 0.326 e. The maximum atomic E-state index is 11.5. The normalized spacial score (nSPS) is 11.8. The molecule has 0 aliphatic rings. The van der Waals surface area contributed by atoms with E-state index in [0.29, 0.717) is 25.9 Å². The Kier molecular flexibility index (Phi) is 6.42. The Bertz CT molecular complexity index is 392. The van der Waals surface area contributed by atoms with Crippen molar-refractivity contribution in [2.45, 2.75) is 38.8 Å². The van der Waals surface area contributed by atoms with Crippen molar-refractivity contribution >= 4 is 12.0 Å². The van der Waals surface area contributed by atoms with Crippen LogP contribution in [0.5, 0.6) is 0 Å². The summed E-state index contributed by atoms with van der Waals surface area (Å²) in [6, 6.07) is 0.569. The van der Waals surface area contributed by atoms with Crippen LogP contribution in [0, 0.1) is 0 Å². The molecule has 0 saturated heterocycles. The number of hydrogen-bond donors (Lipinski definition) is 3. The smallest absolute Gasteiger partial charge is 0.326 e. The van der Waals surface area contributed by atoms with Crippen molar-refractivity contribution in [1.29, 1.82) is 0 Å². The van der Waals surface area contributed by atoms with Crippen LogP contribution in [0.25, 0.3) is 0 Å². The first kappa shape index (κ1) is 15.0. The van der Waals surface area contributed by atoms with E-state index in [2.05, 4.69) is 15.7 Å². The van der Waals surface area contributed by atoms with E-state index in [1.54, 1.807) is 10.9 Å². The van der Waals surface area contributed by atoms with Crippen molar-refractivity contribution in [1.82, 2.24) is 20.4 Å². The third-order valence-corrected chi connectivity index (χ3v) is 2.59. The van der Waals surface area contributed by atoms with Gasteiger partial charge in [-0.2, -0.15) is 5.10 Å². The molecule has 0 aromatic carbocycles. The van der Waals surface area contributed by atoms with Gasteiger partial charge in [-0.1, -0.05) is 13.3 Å². The lowest BCUT2D eigenvalue weighted by atomic mass is 10.2. The molecule has 1 aromatic heterocycles. The SMILES string of the molecule is CCC[C@H](NC(=O)NCCCn1cccn1)C(=O)O. The number of carbonyl (C=O) groups excluding carboxylic acids is 1. The summed E-state index contributed by atoms with van der Waals surface area (Å²) < 4.78 is 1.77.